The lowest BCUT2D eigenvalue weighted by atomic mass is 10.2. The number of hydrogen-bond donors (Lipinski definition) is 2. The largest absolute Gasteiger partial charge is 0.480 e. The minimum absolute atomic E-state index is 0.290. The molecule has 1 saturated heterocycles. The number of H-pyrrole nitrogens is 1. The number of rotatable bonds is 2. The third-order valence-corrected chi connectivity index (χ3v) is 3.47. The number of aromatic amines is 1. The van der Waals surface area contributed by atoms with Gasteiger partial charge >= 0.3 is 5.97 Å². The molecule has 0 aliphatic carbocycles. The molecule has 17 heavy (non-hydrogen) atoms. The summed E-state index contributed by atoms with van der Waals surface area (Å²) in [5.74, 6) is -0.634. The maximum absolute atomic E-state index is 12.0. The number of pyridine rings is 1. The van der Waals surface area contributed by atoms with Gasteiger partial charge in [0.1, 0.15) is 6.04 Å². The summed E-state index contributed by atoms with van der Waals surface area (Å²) < 4.78 is 0. The molecule has 2 heterocycles. The summed E-state index contributed by atoms with van der Waals surface area (Å²) >= 11 is 1.40. The van der Waals surface area contributed by atoms with Crippen LogP contribution < -0.4 is 5.56 Å². The number of thioether (sulfide) groups is 1. The highest BCUT2D eigenvalue weighted by molar-refractivity contribution is 7.99. The van der Waals surface area contributed by atoms with Crippen LogP contribution in [0, 0.1) is 0 Å². The molecule has 1 amide bonds. The lowest BCUT2D eigenvalue weighted by Gasteiger charge is -2.20. The molecule has 2 N–H and O–H groups in total. The predicted molar refractivity (Wildman–Crippen MR) is 62.0 cm³/mol. The first kappa shape index (κ1) is 11.7. The van der Waals surface area contributed by atoms with Crippen LogP contribution in [0.5, 0.6) is 0 Å². The van der Waals surface area contributed by atoms with Crippen molar-refractivity contribution in [1.82, 2.24) is 9.88 Å². The van der Waals surface area contributed by atoms with E-state index in [4.69, 9.17) is 5.11 Å². The maximum Gasteiger partial charge on any atom is 0.327 e. The number of nitrogens with zero attached hydrogens (tertiary/aromatic N) is 1. The molecule has 0 radical (unpaired) electrons. The highest BCUT2D eigenvalue weighted by atomic mass is 32.2. The van der Waals surface area contributed by atoms with Crippen molar-refractivity contribution in [3.05, 3.63) is 34.2 Å². The zero-order valence-electron chi connectivity index (χ0n) is 8.75. The third-order valence-electron chi connectivity index (χ3n) is 2.46. The van der Waals surface area contributed by atoms with Crippen molar-refractivity contribution in [3.8, 4) is 0 Å². The molecule has 90 valence electrons. The van der Waals surface area contributed by atoms with Gasteiger partial charge in [0, 0.05) is 18.0 Å². The molecule has 0 spiro atoms. The summed E-state index contributed by atoms with van der Waals surface area (Å²) in [5.41, 5.74) is -0.00881. The van der Waals surface area contributed by atoms with E-state index < -0.39 is 12.0 Å². The first-order valence-electron chi connectivity index (χ1n) is 4.90. The molecule has 7 heteroatoms. The van der Waals surface area contributed by atoms with Crippen LogP contribution in [0.15, 0.2) is 23.1 Å². The summed E-state index contributed by atoms with van der Waals surface area (Å²) in [7, 11) is 0. The fourth-order valence-corrected chi connectivity index (χ4v) is 2.70. The van der Waals surface area contributed by atoms with Crippen LogP contribution in [0.4, 0.5) is 0 Å². The molecular weight excluding hydrogens is 244 g/mol. The van der Waals surface area contributed by atoms with Crippen LogP contribution in [0.1, 0.15) is 10.4 Å². The number of carboxylic acid groups (broad SMARTS) is 1. The van der Waals surface area contributed by atoms with Crippen molar-refractivity contribution in [2.45, 2.75) is 6.04 Å². The quantitative estimate of drug-likeness (QED) is 0.773. The first-order chi connectivity index (χ1) is 8.09. The Hall–Kier alpha value is -1.76. The molecule has 0 saturated carbocycles. The maximum atomic E-state index is 12.0. The van der Waals surface area contributed by atoms with Crippen molar-refractivity contribution in [1.29, 1.82) is 0 Å². The van der Waals surface area contributed by atoms with Gasteiger partial charge in [0.05, 0.1) is 11.4 Å². The van der Waals surface area contributed by atoms with Gasteiger partial charge in [0.2, 0.25) is 5.56 Å². The number of carbonyl (C=O) groups excluding carboxylic acids is 1. The molecule has 0 bridgehead atoms. The Morgan fingerprint density at radius 3 is 2.82 bits per heavy atom. The van der Waals surface area contributed by atoms with Gasteiger partial charge in [0.25, 0.3) is 5.91 Å². The standard InChI is InChI=1S/C10H10N2O4S/c13-8-2-1-6(3-11-8)9(14)12-5-17-4-7(12)10(15)16/h1-3,7H,4-5H2,(H,11,13)(H,15,16). The fraction of sp³-hybridized carbons (Fsp3) is 0.300. The Labute approximate surface area is 101 Å². The number of aromatic nitrogens is 1. The van der Waals surface area contributed by atoms with E-state index in [9.17, 15) is 14.4 Å². The van der Waals surface area contributed by atoms with Gasteiger partial charge < -0.3 is 15.0 Å². The minimum atomic E-state index is -1.01. The summed E-state index contributed by atoms with van der Waals surface area (Å²) in [6, 6.07) is 1.84. The van der Waals surface area contributed by atoms with Gasteiger partial charge in [-0.05, 0) is 6.07 Å². The molecule has 1 aliphatic rings. The molecule has 1 fully saturated rings. The normalized spacial score (nSPS) is 19.3. The minimum Gasteiger partial charge on any atom is -0.480 e. The summed E-state index contributed by atoms with van der Waals surface area (Å²) in [4.78, 5) is 37.5. The van der Waals surface area contributed by atoms with Crippen LogP contribution in [0.25, 0.3) is 0 Å². The molecule has 1 aromatic rings. The number of amides is 1. The smallest absolute Gasteiger partial charge is 0.327 e. The van der Waals surface area contributed by atoms with Gasteiger partial charge in [0.15, 0.2) is 0 Å². The first-order valence-corrected chi connectivity index (χ1v) is 6.05. The summed E-state index contributed by atoms with van der Waals surface area (Å²) in [6.45, 7) is 0. The van der Waals surface area contributed by atoms with Crippen molar-refractivity contribution in [3.63, 3.8) is 0 Å². The van der Waals surface area contributed by atoms with E-state index in [-0.39, 0.29) is 11.5 Å². The molecule has 1 aromatic heterocycles. The fourth-order valence-electron chi connectivity index (χ4n) is 1.56. The number of hydrogen-bond acceptors (Lipinski definition) is 4. The Bertz CT molecular complexity index is 493. The van der Waals surface area contributed by atoms with Gasteiger partial charge in [-0.15, -0.1) is 11.8 Å². The van der Waals surface area contributed by atoms with E-state index >= 15 is 0 Å². The van der Waals surface area contributed by atoms with E-state index in [2.05, 4.69) is 4.98 Å². The van der Waals surface area contributed by atoms with Crippen LogP contribution in [-0.2, 0) is 4.79 Å². The zero-order chi connectivity index (χ0) is 12.4. The van der Waals surface area contributed by atoms with Crippen LogP contribution in [-0.4, -0.2) is 44.5 Å². The molecule has 0 aromatic carbocycles. The van der Waals surface area contributed by atoms with Gasteiger partial charge in [-0.3, -0.25) is 9.59 Å². The monoisotopic (exact) mass is 254 g/mol. The molecule has 1 atom stereocenters. The second-order valence-electron chi connectivity index (χ2n) is 3.57. The Morgan fingerprint density at radius 2 is 2.24 bits per heavy atom. The number of carbonyl (C=O) groups is 2. The molecule has 1 aliphatic heterocycles. The topological polar surface area (TPSA) is 90.5 Å². The van der Waals surface area contributed by atoms with E-state index in [0.717, 1.165) is 0 Å². The Kier molecular flexibility index (Phi) is 3.19. The van der Waals surface area contributed by atoms with Gasteiger partial charge in [-0.25, -0.2) is 4.79 Å². The van der Waals surface area contributed by atoms with Crippen LogP contribution >= 0.6 is 11.8 Å². The number of nitrogens with one attached hydrogen (secondary N) is 1. The highest BCUT2D eigenvalue weighted by Gasteiger charge is 2.34. The third kappa shape index (κ3) is 2.33. The Morgan fingerprint density at radius 1 is 1.47 bits per heavy atom. The van der Waals surface area contributed by atoms with Gasteiger partial charge in [-0.1, -0.05) is 0 Å². The molecular formula is C10H10N2O4S. The lowest BCUT2D eigenvalue weighted by molar-refractivity contribution is -0.140. The predicted octanol–water partition coefficient (Wildman–Crippen LogP) is -0.0254. The Balaban J connectivity index is 2.22. The van der Waals surface area contributed by atoms with Gasteiger partial charge in [-0.2, -0.15) is 0 Å². The molecule has 1 unspecified atom stereocenters. The second kappa shape index (κ2) is 4.62. The van der Waals surface area contributed by atoms with Crippen molar-refractivity contribution in [2.75, 3.05) is 11.6 Å². The molecule has 6 nitrogen and oxygen atoms in total. The SMILES string of the molecule is O=C(O)C1CSCN1C(=O)c1ccc(=O)[nH]c1. The average Bonchev–Trinajstić information content (AvgIpc) is 2.78. The lowest BCUT2D eigenvalue weighted by Crippen LogP contribution is -2.41. The second-order valence-corrected chi connectivity index (χ2v) is 4.57. The van der Waals surface area contributed by atoms with E-state index in [1.54, 1.807) is 0 Å². The van der Waals surface area contributed by atoms with E-state index in [1.807, 2.05) is 0 Å². The number of carboxylic acids is 1. The number of aliphatic carboxylic acids is 1. The molecule has 2 rings (SSSR count). The van der Waals surface area contributed by atoms with E-state index in [1.165, 1.54) is 35.0 Å². The van der Waals surface area contributed by atoms with Crippen molar-refractivity contribution in [2.24, 2.45) is 0 Å². The van der Waals surface area contributed by atoms with Crippen molar-refractivity contribution >= 4 is 23.6 Å². The highest BCUT2D eigenvalue weighted by Crippen LogP contribution is 2.22. The van der Waals surface area contributed by atoms with Crippen LogP contribution in [0.3, 0.4) is 0 Å². The zero-order valence-corrected chi connectivity index (χ0v) is 9.57. The summed E-state index contributed by atoms with van der Waals surface area (Å²) in [5, 5.41) is 8.96. The summed E-state index contributed by atoms with van der Waals surface area (Å²) in [6.07, 6.45) is 1.30. The average molecular weight is 254 g/mol. The van der Waals surface area contributed by atoms with Crippen molar-refractivity contribution < 1.29 is 14.7 Å². The van der Waals surface area contributed by atoms with Crippen LogP contribution in [0.2, 0.25) is 0 Å². The van der Waals surface area contributed by atoms with E-state index in [0.29, 0.717) is 17.2 Å².